The minimum Gasteiger partial charge on any atom is -0.316 e. The summed E-state index contributed by atoms with van der Waals surface area (Å²) < 4.78 is 27.0. The maximum atomic E-state index is 12.7. The molecular weight excluding hydrogens is 296 g/mol. The topological polar surface area (TPSA) is 49.4 Å². The molecule has 1 fully saturated rings. The fourth-order valence-corrected chi connectivity index (χ4v) is 4.77. The van der Waals surface area contributed by atoms with E-state index in [9.17, 15) is 8.42 Å². The number of benzene rings is 1. The van der Waals surface area contributed by atoms with Crippen molar-refractivity contribution in [2.45, 2.75) is 37.8 Å². The van der Waals surface area contributed by atoms with Crippen LogP contribution >= 0.6 is 11.6 Å². The smallest absolute Gasteiger partial charge is 0.243 e. The summed E-state index contributed by atoms with van der Waals surface area (Å²) in [6.07, 6.45) is 0.913. The molecular formula is C14H21ClN2O2S. The average Bonchev–Trinajstić information content (AvgIpc) is 2.72. The Hall–Kier alpha value is -0.620. The molecule has 0 spiro atoms. The first-order valence-electron chi connectivity index (χ1n) is 6.81. The number of hydrogen-bond acceptors (Lipinski definition) is 3. The second-order valence-corrected chi connectivity index (χ2v) is 7.85. The molecule has 4 nitrogen and oxygen atoms in total. The Balaban J connectivity index is 2.37. The largest absolute Gasteiger partial charge is 0.316 e. The molecule has 0 aliphatic carbocycles. The molecule has 20 heavy (non-hydrogen) atoms. The first-order valence-corrected chi connectivity index (χ1v) is 8.63. The van der Waals surface area contributed by atoms with Crippen molar-refractivity contribution >= 4 is 21.6 Å². The highest BCUT2D eigenvalue weighted by Gasteiger charge is 2.36. The van der Waals surface area contributed by atoms with Crippen molar-refractivity contribution in [1.82, 2.24) is 9.62 Å². The van der Waals surface area contributed by atoms with Crippen LogP contribution in [0.5, 0.6) is 0 Å². The quantitative estimate of drug-likeness (QED) is 0.928. The Morgan fingerprint density at radius 1 is 1.40 bits per heavy atom. The van der Waals surface area contributed by atoms with E-state index in [2.05, 4.69) is 12.2 Å². The maximum absolute atomic E-state index is 12.7. The van der Waals surface area contributed by atoms with Gasteiger partial charge in [-0.05, 0) is 50.1 Å². The molecule has 1 heterocycles. The highest BCUT2D eigenvalue weighted by molar-refractivity contribution is 7.89. The highest BCUT2D eigenvalue weighted by Crippen LogP contribution is 2.30. The van der Waals surface area contributed by atoms with E-state index in [0.29, 0.717) is 28.9 Å². The molecule has 1 saturated heterocycles. The summed E-state index contributed by atoms with van der Waals surface area (Å²) in [4.78, 5) is 0.327. The second kappa shape index (κ2) is 6.02. The third-order valence-corrected chi connectivity index (χ3v) is 6.06. The Morgan fingerprint density at radius 2 is 2.10 bits per heavy atom. The molecule has 1 aliphatic heterocycles. The van der Waals surface area contributed by atoms with Crippen LogP contribution in [0.15, 0.2) is 23.1 Å². The number of sulfonamides is 1. The van der Waals surface area contributed by atoms with Gasteiger partial charge in [-0.25, -0.2) is 8.42 Å². The molecule has 6 heteroatoms. The molecule has 1 aromatic carbocycles. The van der Waals surface area contributed by atoms with Crippen LogP contribution in [0.4, 0.5) is 0 Å². The van der Waals surface area contributed by atoms with Gasteiger partial charge in [-0.1, -0.05) is 18.5 Å². The van der Waals surface area contributed by atoms with Gasteiger partial charge in [0.1, 0.15) is 0 Å². The lowest BCUT2D eigenvalue weighted by Gasteiger charge is -2.21. The summed E-state index contributed by atoms with van der Waals surface area (Å²) >= 11 is 6.09. The van der Waals surface area contributed by atoms with Crippen LogP contribution in [-0.2, 0) is 16.6 Å². The maximum Gasteiger partial charge on any atom is 0.243 e. The van der Waals surface area contributed by atoms with Gasteiger partial charge < -0.3 is 5.32 Å². The lowest BCUT2D eigenvalue weighted by Crippen LogP contribution is -2.34. The predicted octanol–water partition coefficient (Wildman–Crippen LogP) is 2.48. The van der Waals surface area contributed by atoms with Gasteiger partial charge in [0, 0.05) is 24.2 Å². The van der Waals surface area contributed by atoms with E-state index in [1.54, 1.807) is 22.5 Å². The zero-order valence-corrected chi connectivity index (χ0v) is 13.6. The van der Waals surface area contributed by atoms with Gasteiger partial charge in [0.2, 0.25) is 10.0 Å². The van der Waals surface area contributed by atoms with Crippen molar-refractivity contribution in [2.24, 2.45) is 5.92 Å². The van der Waals surface area contributed by atoms with Gasteiger partial charge in [0.25, 0.3) is 0 Å². The Labute approximate surface area is 126 Å². The van der Waals surface area contributed by atoms with Crippen molar-refractivity contribution in [3.63, 3.8) is 0 Å². The molecule has 1 N–H and O–H groups in total. The van der Waals surface area contributed by atoms with Gasteiger partial charge in [-0.15, -0.1) is 0 Å². The standard InChI is InChI=1S/C14H21ClN2O2S/c1-10-6-11(2)17(9-10)20(18,19)13-4-5-14(15)12(7-13)8-16-3/h4-5,7,10-11,16H,6,8-9H2,1-3H3. The zero-order valence-electron chi connectivity index (χ0n) is 12.1. The molecule has 2 atom stereocenters. The summed E-state index contributed by atoms with van der Waals surface area (Å²) in [6, 6.07) is 4.97. The van der Waals surface area contributed by atoms with Gasteiger partial charge in [-0.2, -0.15) is 4.31 Å². The van der Waals surface area contributed by atoms with Crippen LogP contribution in [0.1, 0.15) is 25.8 Å². The number of nitrogens with one attached hydrogen (secondary N) is 1. The third kappa shape index (κ3) is 3.01. The van der Waals surface area contributed by atoms with Crippen molar-refractivity contribution in [3.8, 4) is 0 Å². The first-order chi connectivity index (χ1) is 9.36. The molecule has 0 amide bonds. The average molecular weight is 317 g/mol. The third-order valence-electron chi connectivity index (χ3n) is 3.72. The van der Waals surface area contributed by atoms with E-state index in [-0.39, 0.29) is 6.04 Å². The summed E-state index contributed by atoms with van der Waals surface area (Å²) in [5, 5.41) is 3.58. The van der Waals surface area contributed by atoms with E-state index < -0.39 is 10.0 Å². The minimum absolute atomic E-state index is 0.0541. The summed E-state index contributed by atoms with van der Waals surface area (Å²) in [6.45, 7) is 5.19. The van der Waals surface area contributed by atoms with Gasteiger partial charge in [-0.3, -0.25) is 0 Å². The van der Waals surface area contributed by atoms with Crippen LogP contribution in [0, 0.1) is 5.92 Å². The van der Waals surface area contributed by atoms with E-state index >= 15 is 0 Å². The highest BCUT2D eigenvalue weighted by atomic mass is 35.5. The number of nitrogens with zero attached hydrogens (tertiary/aromatic N) is 1. The van der Waals surface area contributed by atoms with Crippen molar-refractivity contribution in [2.75, 3.05) is 13.6 Å². The molecule has 2 rings (SSSR count). The van der Waals surface area contributed by atoms with Gasteiger partial charge in [0.15, 0.2) is 0 Å². The van der Waals surface area contributed by atoms with Crippen molar-refractivity contribution < 1.29 is 8.42 Å². The predicted molar refractivity (Wildman–Crippen MR) is 81.4 cm³/mol. The van der Waals surface area contributed by atoms with Crippen LogP contribution in [0.25, 0.3) is 0 Å². The van der Waals surface area contributed by atoms with Crippen molar-refractivity contribution in [3.05, 3.63) is 28.8 Å². The Morgan fingerprint density at radius 3 is 2.65 bits per heavy atom. The van der Waals surface area contributed by atoms with E-state index in [1.807, 2.05) is 14.0 Å². The summed E-state index contributed by atoms with van der Waals surface area (Å²) in [5.74, 6) is 0.406. The van der Waals surface area contributed by atoms with Crippen LogP contribution in [0.2, 0.25) is 5.02 Å². The van der Waals surface area contributed by atoms with Crippen molar-refractivity contribution in [1.29, 1.82) is 0 Å². The molecule has 1 aliphatic rings. The van der Waals surface area contributed by atoms with E-state index in [1.165, 1.54) is 0 Å². The van der Waals surface area contributed by atoms with E-state index in [4.69, 9.17) is 11.6 Å². The van der Waals surface area contributed by atoms with Crippen LogP contribution in [0.3, 0.4) is 0 Å². The zero-order chi connectivity index (χ0) is 14.9. The molecule has 1 aromatic rings. The normalized spacial score (nSPS) is 24.2. The summed E-state index contributed by atoms with van der Waals surface area (Å²) in [7, 11) is -1.62. The molecule has 0 saturated carbocycles. The fourth-order valence-electron chi connectivity index (χ4n) is 2.77. The molecule has 0 bridgehead atoms. The molecule has 2 unspecified atom stereocenters. The molecule has 0 radical (unpaired) electrons. The Kier molecular flexibility index (Phi) is 4.74. The SMILES string of the molecule is CNCc1cc(S(=O)(=O)N2CC(C)CC2C)ccc1Cl. The Bertz CT molecular complexity index is 589. The minimum atomic E-state index is -3.43. The number of hydrogen-bond donors (Lipinski definition) is 1. The lowest BCUT2D eigenvalue weighted by molar-refractivity contribution is 0.405. The first kappa shape index (κ1) is 15.8. The summed E-state index contributed by atoms with van der Waals surface area (Å²) in [5.41, 5.74) is 0.801. The number of rotatable bonds is 4. The van der Waals surface area contributed by atoms with E-state index in [0.717, 1.165) is 12.0 Å². The fraction of sp³-hybridized carbons (Fsp3) is 0.571. The van der Waals surface area contributed by atoms with Crippen LogP contribution < -0.4 is 5.32 Å². The molecule has 0 aromatic heterocycles. The van der Waals surface area contributed by atoms with Crippen LogP contribution in [-0.4, -0.2) is 32.4 Å². The number of halogens is 1. The lowest BCUT2D eigenvalue weighted by atomic mass is 10.1. The second-order valence-electron chi connectivity index (χ2n) is 5.55. The molecule has 112 valence electrons. The van der Waals surface area contributed by atoms with Gasteiger partial charge in [0.05, 0.1) is 4.90 Å². The van der Waals surface area contributed by atoms with Gasteiger partial charge >= 0.3 is 0 Å². The monoisotopic (exact) mass is 316 g/mol.